The number of carbonyl (C=O) groups excluding carboxylic acids is 2. The highest BCUT2D eigenvalue weighted by Gasteiger charge is 2.13. The van der Waals surface area contributed by atoms with Gasteiger partial charge in [0.25, 0.3) is 5.91 Å². The van der Waals surface area contributed by atoms with Crippen LogP contribution in [0.5, 0.6) is 5.75 Å². The highest BCUT2D eigenvalue weighted by Crippen LogP contribution is 2.27. The van der Waals surface area contributed by atoms with E-state index in [-0.39, 0.29) is 11.7 Å². The van der Waals surface area contributed by atoms with Gasteiger partial charge in [-0.25, -0.2) is 4.79 Å². The first-order chi connectivity index (χ1) is 13.8. The summed E-state index contributed by atoms with van der Waals surface area (Å²) in [7, 11) is 0. The second-order valence-electron chi connectivity index (χ2n) is 6.63. The number of ether oxygens (including phenoxy) is 2. The molecular formula is C22H23F2NO4. The topological polar surface area (TPSA) is 64.6 Å². The molecular weight excluding hydrogens is 380 g/mol. The van der Waals surface area contributed by atoms with Crippen LogP contribution in [0.3, 0.4) is 0 Å². The number of aryl methyl sites for hydroxylation is 1. The number of esters is 1. The summed E-state index contributed by atoms with van der Waals surface area (Å²) < 4.78 is 33.4. The molecule has 2 aromatic rings. The first kappa shape index (κ1) is 22.1. The summed E-state index contributed by atoms with van der Waals surface area (Å²) in [5.41, 5.74) is 3.25. The number of hydrogen-bond acceptors (Lipinski definition) is 4. The molecule has 29 heavy (non-hydrogen) atoms. The molecule has 0 radical (unpaired) electrons. The van der Waals surface area contributed by atoms with Gasteiger partial charge in [0.05, 0.1) is 0 Å². The average Bonchev–Trinajstić information content (AvgIpc) is 2.66. The number of para-hydroxylation sites is 1. The summed E-state index contributed by atoms with van der Waals surface area (Å²) in [6, 6.07) is 11.5. The Morgan fingerprint density at radius 2 is 1.79 bits per heavy atom. The maximum atomic E-state index is 12.2. The van der Waals surface area contributed by atoms with E-state index in [9.17, 15) is 18.4 Å². The fourth-order valence-electron chi connectivity index (χ4n) is 2.63. The van der Waals surface area contributed by atoms with Gasteiger partial charge in [-0.1, -0.05) is 44.2 Å². The van der Waals surface area contributed by atoms with Crippen LogP contribution < -0.4 is 10.1 Å². The monoisotopic (exact) mass is 403 g/mol. The minimum atomic E-state index is -2.89. The first-order valence-corrected chi connectivity index (χ1v) is 9.05. The van der Waals surface area contributed by atoms with E-state index in [0.717, 1.165) is 22.9 Å². The Morgan fingerprint density at radius 3 is 2.41 bits per heavy atom. The number of alkyl halides is 2. The van der Waals surface area contributed by atoms with Crippen molar-refractivity contribution in [1.29, 1.82) is 0 Å². The number of halogens is 2. The van der Waals surface area contributed by atoms with Crippen LogP contribution in [0.1, 0.15) is 36.5 Å². The van der Waals surface area contributed by atoms with Crippen LogP contribution in [0, 0.1) is 6.92 Å². The molecule has 0 spiro atoms. The van der Waals surface area contributed by atoms with Crippen LogP contribution in [0.25, 0.3) is 6.08 Å². The van der Waals surface area contributed by atoms with Crippen LogP contribution in [0.2, 0.25) is 0 Å². The zero-order valence-corrected chi connectivity index (χ0v) is 16.4. The molecule has 0 aliphatic carbocycles. The fourth-order valence-corrected chi connectivity index (χ4v) is 2.63. The lowest BCUT2D eigenvalue weighted by Crippen LogP contribution is -2.21. The van der Waals surface area contributed by atoms with E-state index in [1.54, 1.807) is 0 Å². The molecule has 0 fully saturated rings. The van der Waals surface area contributed by atoms with Crippen molar-refractivity contribution < 1.29 is 27.8 Å². The highest BCUT2D eigenvalue weighted by molar-refractivity contribution is 5.95. The third-order valence-corrected chi connectivity index (χ3v) is 4.05. The molecule has 0 bridgehead atoms. The van der Waals surface area contributed by atoms with Crippen molar-refractivity contribution in [1.82, 2.24) is 0 Å². The Labute approximate surface area is 168 Å². The van der Waals surface area contributed by atoms with Crippen molar-refractivity contribution in [2.75, 3.05) is 11.9 Å². The van der Waals surface area contributed by atoms with Gasteiger partial charge >= 0.3 is 12.6 Å². The summed E-state index contributed by atoms with van der Waals surface area (Å²) in [5.74, 6) is -0.875. The lowest BCUT2D eigenvalue weighted by Gasteiger charge is -2.16. The number of nitrogens with one attached hydrogen (secondary N) is 1. The van der Waals surface area contributed by atoms with Gasteiger partial charge in [0.1, 0.15) is 5.75 Å². The van der Waals surface area contributed by atoms with E-state index < -0.39 is 25.1 Å². The molecule has 0 heterocycles. The van der Waals surface area contributed by atoms with Crippen molar-refractivity contribution in [2.24, 2.45) is 0 Å². The zero-order chi connectivity index (χ0) is 21.4. The number of amides is 1. The average molecular weight is 403 g/mol. The van der Waals surface area contributed by atoms with Gasteiger partial charge in [0.2, 0.25) is 0 Å². The second kappa shape index (κ2) is 10.4. The lowest BCUT2D eigenvalue weighted by atomic mass is 9.98. The van der Waals surface area contributed by atoms with Crippen molar-refractivity contribution >= 4 is 23.6 Å². The molecule has 0 unspecified atom stereocenters. The molecule has 0 atom stereocenters. The van der Waals surface area contributed by atoms with Gasteiger partial charge in [0, 0.05) is 11.8 Å². The summed E-state index contributed by atoms with van der Waals surface area (Å²) in [5, 5.41) is 2.80. The minimum absolute atomic E-state index is 0.0216. The van der Waals surface area contributed by atoms with Gasteiger partial charge in [-0.2, -0.15) is 8.78 Å². The van der Waals surface area contributed by atoms with Crippen LogP contribution in [-0.2, 0) is 14.3 Å². The van der Waals surface area contributed by atoms with Gasteiger partial charge in [-0.3, -0.25) is 4.79 Å². The van der Waals surface area contributed by atoms with Crippen LogP contribution in [0.15, 0.2) is 48.5 Å². The number of rotatable bonds is 8. The van der Waals surface area contributed by atoms with Crippen molar-refractivity contribution in [3.05, 3.63) is 65.2 Å². The zero-order valence-electron chi connectivity index (χ0n) is 16.4. The summed E-state index contributed by atoms with van der Waals surface area (Å²) in [6.45, 7) is 2.64. The molecule has 0 saturated carbocycles. The number of hydrogen-bond donors (Lipinski definition) is 1. The van der Waals surface area contributed by atoms with Gasteiger partial charge in [-0.15, -0.1) is 0 Å². The molecule has 0 saturated heterocycles. The normalized spacial score (nSPS) is 11.1. The van der Waals surface area contributed by atoms with E-state index in [1.807, 2.05) is 39.0 Å². The maximum absolute atomic E-state index is 12.2. The summed E-state index contributed by atoms with van der Waals surface area (Å²) >= 11 is 0. The minimum Gasteiger partial charge on any atom is -0.452 e. The van der Waals surface area contributed by atoms with Crippen molar-refractivity contribution in [3.63, 3.8) is 0 Å². The standard InChI is InChI=1S/C22H23F2NO4/c1-14(2)18-6-4-5-15(3)21(18)25-19(26)13-28-20(27)12-9-16-7-10-17(11-8-16)29-22(23)24/h4-12,14,22H,13H2,1-3H3,(H,25,26)/b12-9+. The van der Waals surface area contributed by atoms with E-state index in [0.29, 0.717) is 5.56 Å². The van der Waals surface area contributed by atoms with Gasteiger partial charge in [0.15, 0.2) is 6.61 Å². The molecule has 1 N–H and O–H groups in total. The number of anilines is 1. The van der Waals surface area contributed by atoms with Gasteiger partial charge in [-0.05, 0) is 47.7 Å². The SMILES string of the molecule is Cc1cccc(C(C)C)c1NC(=O)COC(=O)/C=C/c1ccc(OC(F)F)cc1. The van der Waals surface area contributed by atoms with Crippen LogP contribution in [-0.4, -0.2) is 25.1 Å². The fraction of sp³-hybridized carbons (Fsp3) is 0.273. The highest BCUT2D eigenvalue weighted by atomic mass is 19.3. The van der Waals surface area contributed by atoms with Crippen LogP contribution >= 0.6 is 0 Å². The lowest BCUT2D eigenvalue weighted by molar-refractivity contribution is -0.142. The van der Waals surface area contributed by atoms with Crippen molar-refractivity contribution in [3.8, 4) is 5.75 Å². The Hall–Kier alpha value is -3.22. The Bertz CT molecular complexity index is 877. The largest absolute Gasteiger partial charge is 0.452 e. The molecule has 0 aliphatic rings. The predicted molar refractivity (Wildman–Crippen MR) is 107 cm³/mol. The number of carbonyl (C=O) groups is 2. The van der Waals surface area contributed by atoms with E-state index in [1.165, 1.54) is 30.3 Å². The molecule has 7 heteroatoms. The molecule has 154 valence electrons. The molecule has 2 aromatic carbocycles. The summed E-state index contributed by atoms with van der Waals surface area (Å²) in [4.78, 5) is 24.0. The Morgan fingerprint density at radius 1 is 1.10 bits per heavy atom. The third kappa shape index (κ3) is 7.03. The molecule has 2 rings (SSSR count). The summed E-state index contributed by atoms with van der Waals surface area (Å²) in [6.07, 6.45) is 2.61. The quantitative estimate of drug-likeness (QED) is 0.502. The smallest absolute Gasteiger partial charge is 0.387 e. The first-order valence-electron chi connectivity index (χ1n) is 9.05. The second-order valence-corrected chi connectivity index (χ2v) is 6.63. The molecule has 0 aromatic heterocycles. The Kier molecular flexibility index (Phi) is 7.88. The molecule has 0 aliphatic heterocycles. The molecule has 1 amide bonds. The predicted octanol–water partition coefficient (Wildman–Crippen LogP) is 4.91. The van der Waals surface area contributed by atoms with Gasteiger partial charge < -0.3 is 14.8 Å². The Balaban J connectivity index is 1.88. The maximum Gasteiger partial charge on any atom is 0.387 e. The number of benzene rings is 2. The van der Waals surface area contributed by atoms with E-state index in [2.05, 4.69) is 10.1 Å². The third-order valence-electron chi connectivity index (χ3n) is 4.05. The van der Waals surface area contributed by atoms with E-state index in [4.69, 9.17) is 4.74 Å². The van der Waals surface area contributed by atoms with E-state index >= 15 is 0 Å². The molecule has 5 nitrogen and oxygen atoms in total. The van der Waals surface area contributed by atoms with Crippen LogP contribution in [0.4, 0.5) is 14.5 Å². The van der Waals surface area contributed by atoms with Crippen molar-refractivity contribution in [2.45, 2.75) is 33.3 Å².